The van der Waals surface area contributed by atoms with Gasteiger partial charge >= 0.3 is 0 Å². The van der Waals surface area contributed by atoms with E-state index in [0.717, 1.165) is 46.2 Å². The van der Waals surface area contributed by atoms with Crippen molar-refractivity contribution in [2.75, 3.05) is 11.8 Å². The maximum Gasteiger partial charge on any atom is 0.258 e. The molecule has 3 aromatic carbocycles. The minimum absolute atomic E-state index is 0.444. The van der Waals surface area contributed by atoms with Crippen LogP contribution in [0, 0.1) is 13.8 Å². The van der Waals surface area contributed by atoms with Gasteiger partial charge in [0, 0.05) is 52.4 Å². The summed E-state index contributed by atoms with van der Waals surface area (Å²) in [4.78, 5) is 17.5. The third-order valence-electron chi connectivity index (χ3n) is 6.95. The van der Waals surface area contributed by atoms with Gasteiger partial charge in [0.25, 0.3) is 11.8 Å². The van der Waals surface area contributed by atoms with Crippen LogP contribution in [0.25, 0.3) is 57.1 Å². The summed E-state index contributed by atoms with van der Waals surface area (Å²) in [6, 6.07) is 23.2. The first-order chi connectivity index (χ1) is 23.5. The largest absolute Gasteiger partial charge is 0.339 e. The first-order valence-corrected chi connectivity index (χ1v) is 16.3. The molecule has 0 aliphatic carbocycles. The Hall–Kier alpha value is -5.20. The Kier molecular flexibility index (Phi) is 10.6. The molecule has 7 aromatic rings. The molecule has 0 bridgehead atoms. The van der Waals surface area contributed by atoms with Crippen LogP contribution >= 0.6 is 23.2 Å². The average molecular weight is 686 g/mol. The van der Waals surface area contributed by atoms with Crippen molar-refractivity contribution in [2.45, 2.75) is 39.5 Å². The Labute approximate surface area is 285 Å². The second kappa shape index (κ2) is 15.6. The molecule has 0 spiro atoms. The fourth-order valence-corrected chi connectivity index (χ4v) is 4.89. The molecule has 14 heteroatoms. The van der Waals surface area contributed by atoms with E-state index in [9.17, 15) is 0 Å². The molecule has 12 nitrogen and oxygen atoms in total. The van der Waals surface area contributed by atoms with Crippen molar-refractivity contribution in [3.05, 3.63) is 96.0 Å². The molecule has 0 saturated heterocycles. The number of aromatic nitrogens is 8. The van der Waals surface area contributed by atoms with Gasteiger partial charge in [0.2, 0.25) is 29.3 Å². The van der Waals surface area contributed by atoms with Gasteiger partial charge in [-0.3, -0.25) is 0 Å². The van der Waals surface area contributed by atoms with E-state index in [4.69, 9.17) is 41.3 Å². The normalized spacial score (nSPS) is 11.0. The van der Waals surface area contributed by atoms with Gasteiger partial charge in [0.15, 0.2) is 5.82 Å². The van der Waals surface area contributed by atoms with Gasteiger partial charge < -0.3 is 18.1 Å². The highest BCUT2D eigenvalue weighted by Crippen LogP contribution is 2.27. The van der Waals surface area contributed by atoms with Gasteiger partial charge in [0.1, 0.15) is 0 Å². The topological polar surface area (TPSA) is 156 Å². The van der Waals surface area contributed by atoms with E-state index in [1.807, 2.05) is 79.7 Å². The summed E-state index contributed by atoms with van der Waals surface area (Å²) in [7, 11) is 0. The van der Waals surface area contributed by atoms with Crippen LogP contribution in [0.15, 0.2) is 90.9 Å². The van der Waals surface area contributed by atoms with E-state index in [0.29, 0.717) is 71.5 Å². The lowest BCUT2D eigenvalue weighted by atomic mass is 10.1. The van der Waals surface area contributed by atoms with Crippen molar-refractivity contribution >= 4 is 23.2 Å². The molecule has 0 aliphatic rings. The van der Waals surface area contributed by atoms with E-state index < -0.39 is 0 Å². The van der Waals surface area contributed by atoms with Crippen molar-refractivity contribution in [2.24, 2.45) is 0 Å². The first-order valence-electron chi connectivity index (χ1n) is 15.2. The molecule has 244 valence electrons. The van der Waals surface area contributed by atoms with Crippen LogP contribution in [0.5, 0.6) is 0 Å². The van der Waals surface area contributed by atoms with E-state index in [2.05, 4.69) is 40.6 Å². The third kappa shape index (κ3) is 8.20. The zero-order chi connectivity index (χ0) is 33.3. The van der Waals surface area contributed by atoms with Gasteiger partial charge in [0.05, 0.1) is 0 Å². The van der Waals surface area contributed by atoms with Crippen LogP contribution in [0.2, 0.25) is 0 Å². The van der Waals surface area contributed by atoms with Gasteiger partial charge in [-0.15, -0.1) is 23.2 Å². The van der Waals surface area contributed by atoms with Crippen LogP contribution in [0.1, 0.15) is 36.0 Å². The van der Waals surface area contributed by atoms with Crippen LogP contribution in [0.4, 0.5) is 0 Å². The summed E-state index contributed by atoms with van der Waals surface area (Å²) in [5, 5.41) is 15.9. The number of hydrogen-bond acceptors (Lipinski definition) is 12. The van der Waals surface area contributed by atoms with Crippen molar-refractivity contribution < 1.29 is 18.1 Å². The smallest absolute Gasteiger partial charge is 0.258 e. The predicted octanol–water partition coefficient (Wildman–Crippen LogP) is 8.20. The quantitative estimate of drug-likeness (QED) is 0.120. The highest BCUT2D eigenvalue weighted by molar-refractivity contribution is 6.18. The number of nitrogens with zero attached hydrogens (tertiary/aromatic N) is 8. The molecule has 0 unspecified atom stereocenters. The summed E-state index contributed by atoms with van der Waals surface area (Å²) < 4.78 is 21.1. The second-order valence-electron chi connectivity index (χ2n) is 10.7. The average Bonchev–Trinajstić information content (AvgIpc) is 3.95. The Bertz CT molecular complexity index is 2090. The van der Waals surface area contributed by atoms with E-state index in [1.165, 1.54) is 0 Å². The van der Waals surface area contributed by atoms with Crippen molar-refractivity contribution in [1.29, 1.82) is 0 Å². The minimum Gasteiger partial charge on any atom is -0.339 e. The standard InChI is InChI=1S/C20H17ClN4O2.C14H13ClN4O2/c1-13-5-2-6-14(11-13)19-23-20(27-25-19)16-8-3-7-15(12-16)18-22-17(26-24-18)9-4-10-21;1-9-16-14(21-18-9)11-5-2-4-10(8-11)13-17-12(20-19-13)6-3-7-15/h2-3,5-8,11-12H,4,9-10H2,1H3;2,4-5,8H,3,6-7H2,1H3. The predicted molar refractivity (Wildman–Crippen MR) is 179 cm³/mol. The Morgan fingerprint density at radius 2 is 0.958 bits per heavy atom. The van der Waals surface area contributed by atoms with Crippen LogP contribution in [-0.2, 0) is 12.8 Å². The van der Waals surface area contributed by atoms with Crippen molar-refractivity contribution in [3.63, 3.8) is 0 Å². The molecule has 0 radical (unpaired) electrons. The maximum atomic E-state index is 5.71. The zero-order valence-corrected chi connectivity index (χ0v) is 27.6. The number of benzene rings is 3. The van der Waals surface area contributed by atoms with Gasteiger partial charge in [-0.05, 0) is 57.0 Å². The summed E-state index contributed by atoms with van der Waals surface area (Å²) in [6.45, 7) is 3.81. The fraction of sp³-hybridized carbons (Fsp3) is 0.235. The summed E-state index contributed by atoms with van der Waals surface area (Å²) in [5.41, 5.74) is 5.34. The lowest BCUT2D eigenvalue weighted by molar-refractivity contribution is 0.378. The number of hydrogen-bond donors (Lipinski definition) is 0. The molecule has 4 aromatic heterocycles. The molecule has 0 fully saturated rings. The molecular formula is C34H30Cl2N8O4. The van der Waals surface area contributed by atoms with E-state index >= 15 is 0 Å². The number of aryl methyl sites for hydroxylation is 4. The fourth-order valence-electron chi connectivity index (χ4n) is 4.62. The molecular weight excluding hydrogens is 655 g/mol. The summed E-state index contributed by atoms with van der Waals surface area (Å²) >= 11 is 11.4. The Morgan fingerprint density at radius 1 is 0.500 bits per heavy atom. The number of alkyl halides is 2. The third-order valence-corrected chi connectivity index (χ3v) is 7.48. The summed E-state index contributed by atoms with van der Waals surface area (Å²) in [6.07, 6.45) is 2.95. The van der Waals surface area contributed by atoms with Crippen LogP contribution < -0.4 is 0 Å². The van der Waals surface area contributed by atoms with Gasteiger partial charge in [-0.25, -0.2) is 0 Å². The molecule has 0 atom stereocenters. The highest BCUT2D eigenvalue weighted by atomic mass is 35.5. The lowest BCUT2D eigenvalue weighted by Crippen LogP contribution is -1.87. The number of halogens is 2. The summed E-state index contributed by atoms with van der Waals surface area (Å²) in [5.74, 6) is 5.44. The molecule has 0 N–H and O–H groups in total. The molecule has 48 heavy (non-hydrogen) atoms. The first kappa shape index (κ1) is 32.7. The van der Waals surface area contributed by atoms with E-state index in [1.54, 1.807) is 6.92 Å². The highest BCUT2D eigenvalue weighted by Gasteiger charge is 2.15. The zero-order valence-electron chi connectivity index (χ0n) is 26.1. The van der Waals surface area contributed by atoms with Gasteiger partial charge in [-0.1, -0.05) is 68.7 Å². The number of rotatable bonds is 11. The Balaban J connectivity index is 0.000000173. The maximum absolute atomic E-state index is 5.71. The molecule has 4 heterocycles. The molecule has 0 amide bonds. The second-order valence-corrected chi connectivity index (χ2v) is 11.5. The molecule has 0 saturated carbocycles. The van der Waals surface area contributed by atoms with Crippen LogP contribution in [0.3, 0.4) is 0 Å². The molecule has 0 aliphatic heterocycles. The molecule has 7 rings (SSSR count). The lowest BCUT2D eigenvalue weighted by Gasteiger charge is -1.98. The van der Waals surface area contributed by atoms with Gasteiger partial charge in [-0.2, -0.15) is 19.9 Å². The SMILES string of the molecule is Cc1cccc(-c2noc(-c3cccc(-c4noc(CCCCl)n4)c3)n2)c1.Cc1noc(-c2cccc(-c3noc(CCCCl)n3)c2)n1. The minimum atomic E-state index is 0.444. The van der Waals surface area contributed by atoms with Crippen molar-refractivity contribution in [1.82, 2.24) is 40.6 Å². The Morgan fingerprint density at radius 3 is 1.48 bits per heavy atom. The monoisotopic (exact) mass is 684 g/mol. The van der Waals surface area contributed by atoms with E-state index in [-0.39, 0.29) is 0 Å². The van der Waals surface area contributed by atoms with Crippen molar-refractivity contribution in [3.8, 4) is 57.1 Å². The van der Waals surface area contributed by atoms with Crippen LogP contribution in [-0.4, -0.2) is 52.3 Å².